The molecule has 0 aliphatic carbocycles. The SMILES string of the molecule is COc1cc(C(=O)OCC(=O)N(CC(C)C)[C@H]2CCS(=O)(=O)C2)ccc1OCC(C)C. The normalized spacial score (nSPS) is 17.6. The molecular formula is C22H33NO7S. The van der Waals surface area contributed by atoms with Gasteiger partial charge < -0.3 is 19.1 Å². The standard InChI is InChI=1S/C22H33NO7S/c1-15(2)11-23(18-8-9-31(26,27)14-18)21(24)13-30-22(25)17-6-7-19(20(10-17)28-5)29-12-16(3)4/h6-7,10,15-16,18H,8-9,11-14H2,1-5H3/t18-/m0/s1. The van der Waals surface area contributed by atoms with Gasteiger partial charge in [0.2, 0.25) is 0 Å². The minimum atomic E-state index is -3.13. The zero-order valence-corrected chi connectivity index (χ0v) is 19.7. The van der Waals surface area contributed by atoms with Crippen LogP contribution in [0.1, 0.15) is 44.5 Å². The molecule has 8 nitrogen and oxygen atoms in total. The maximum atomic E-state index is 12.7. The van der Waals surface area contributed by atoms with Crippen molar-refractivity contribution >= 4 is 21.7 Å². The van der Waals surface area contributed by atoms with Gasteiger partial charge in [0.1, 0.15) is 0 Å². The smallest absolute Gasteiger partial charge is 0.338 e. The summed E-state index contributed by atoms with van der Waals surface area (Å²) in [5.41, 5.74) is 0.236. The fourth-order valence-corrected chi connectivity index (χ4v) is 5.06. The molecule has 0 N–H and O–H groups in total. The number of carbonyl (C=O) groups excluding carboxylic acids is 2. The second-order valence-corrected chi connectivity index (χ2v) is 10.9. The summed E-state index contributed by atoms with van der Waals surface area (Å²) in [5, 5.41) is 0. The summed E-state index contributed by atoms with van der Waals surface area (Å²) in [5.74, 6) is 0.389. The molecule has 1 heterocycles. The van der Waals surface area contributed by atoms with E-state index in [1.165, 1.54) is 18.1 Å². The van der Waals surface area contributed by atoms with E-state index >= 15 is 0 Å². The van der Waals surface area contributed by atoms with Gasteiger partial charge >= 0.3 is 5.97 Å². The van der Waals surface area contributed by atoms with Crippen LogP contribution in [0.5, 0.6) is 11.5 Å². The molecule has 2 rings (SSSR count). The van der Waals surface area contributed by atoms with Gasteiger partial charge in [0, 0.05) is 12.6 Å². The van der Waals surface area contributed by atoms with Crippen molar-refractivity contribution in [3.05, 3.63) is 23.8 Å². The number of methoxy groups -OCH3 is 1. The second-order valence-electron chi connectivity index (χ2n) is 8.64. The molecule has 0 bridgehead atoms. The largest absolute Gasteiger partial charge is 0.493 e. The van der Waals surface area contributed by atoms with Gasteiger partial charge in [0.05, 0.1) is 30.8 Å². The Balaban J connectivity index is 2.03. The first-order valence-electron chi connectivity index (χ1n) is 10.5. The number of benzene rings is 1. The van der Waals surface area contributed by atoms with Gasteiger partial charge in [0.25, 0.3) is 5.91 Å². The van der Waals surface area contributed by atoms with Gasteiger partial charge in [-0.2, -0.15) is 0 Å². The lowest BCUT2D eigenvalue weighted by atomic mass is 10.1. The van der Waals surface area contributed by atoms with Crippen LogP contribution < -0.4 is 9.47 Å². The highest BCUT2D eigenvalue weighted by Gasteiger charge is 2.35. The molecule has 31 heavy (non-hydrogen) atoms. The lowest BCUT2D eigenvalue weighted by Crippen LogP contribution is -2.45. The van der Waals surface area contributed by atoms with Crippen LogP contribution in [0.25, 0.3) is 0 Å². The van der Waals surface area contributed by atoms with Crippen molar-refractivity contribution in [2.24, 2.45) is 11.8 Å². The highest BCUT2D eigenvalue weighted by molar-refractivity contribution is 7.91. The van der Waals surface area contributed by atoms with E-state index in [1.54, 1.807) is 12.1 Å². The number of amides is 1. The molecule has 1 aliphatic rings. The molecule has 1 aromatic carbocycles. The van der Waals surface area contributed by atoms with Gasteiger partial charge in [0.15, 0.2) is 27.9 Å². The molecular weight excluding hydrogens is 422 g/mol. The zero-order valence-electron chi connectivity index (χ0n) is 18.9. The Morgan fingerprint density at radius 2 is 1.84 bits per heavy atom. The van der Waals surface area contributed by atoms with Gasteiger partial charge in [-0.1, -0.05) is 27.7 Å². The summed E-state index contributed by atoms with van der Waals surface area (Å²) in [6.07, 6.45) is 0.407. The van der Waals surface area contributed by atoms with E-state index in [0.29, 0.717) is 37.0 Å². The third kappa shape index (κ3) is 7.41. The average Bonchev–Trinajstić information content (AvgIpc) is 3.07. The Morgan fingerprint density at radius 3 is 2.39 bits per heavy atom. The van der Waals surface area contributed by atoms with Crippen molar-refractivity contribution < 1.29 is 32.2 Å². The molecule has 0 saturated carbocycles. The molecule has 1 aliphatic heterocycles. The molecule has 1 atom stereocenters. The van der Waals surface area contributed by atoms with Crippen LogP contribution >= 0.6 is 0 Å². The highest BCUT2D eigenvalue weighted by atomic mass is 32.2. The second kappa shape index (κ2) is 10.8. The minimum Gasteiger partial charge on any atom is -0.493 e. The minimum absolute atomic E-state index is 0.0472. The van der Waals surface area contributed by atoms with Crippen molar-refractivity contribution in [3.8, 4) is 11.5 Å². The molecule has 0 aromatic heterocycles. The predicted molar refractivity (Wildman–Crippen MR) is 117 cm³/mol. The lowest BCUT2D eigenvalue weighted by molar-refractivity contribution is -0.137. The van der Waals surface area contributed by atoms with Crippen LogP contribution in [0.3, 0.4) is 0 Å². The van der Waals surface area contributed by atoms with Gasteiger partial charge in [-0.25, -0.2) is 13.2 Å². The van der Waals surface area contributed by atoms with Crippen LogP contribution in [0.2, 0.25) is 0 Å². The van der Waals surface area contributed by atoms with E-state index in [2.05, 4.69) is 0 Å². The first-order valence-corrected chi connectivity index (χ1v) is 12.3. The van der Waals surface area contributed by atoms with Crippen molar-refractivity contribution in [2.75, 3.05) is 38.4 Å². The summed E-state index contributed by atoms with van der Waals surface area (Å²) in [4.78, 5) is 26.8. The predicted octanol–water partition coefficient (Wildman–Crippen LogP) is 2.56. The average molecular weight is 456 g/mol. The van der Waals surface area contributed by atoms with Crippen molar-refractivity contribution in [3.63, 3.8) is 0 Å². The molecule has 1 saturated heterocycles. The molecule has 0 unspecified atom stereocenters. The summed E-state index contributed by atoms with van der Waals surface area (Å²) in [7, 11) is -1.65. The Labute approximate surface area is 184 Å². The number of hydrogen-bond acceptors (Lipinski definition) is 7. The van der Waals surface area contributed by atoms with Crippen LogP contribution in [0, 0.1) is 11.8 Å². The number of sulfone groups is 1. The van der Waals surface area contributed by atoms with E-state index in [4.69, 9.17) is 14.2 Å². The summed E-state index contributed by atoms with van der Waals surface area (Å²) < 4.78 is 39.9. The molecule has 1 aromatic rings. The molecule has 0 radical (unpaired) electrons. The molecule has 1 fully saturated rings. The number of hydrogen-bond donors (Lipinski definition) is 0. The Hall–Kier alpha value is -2.29. The number of esters is 1. The third-order valence-corrected chi connectivity index (χ3v) is 6.58. The topological polar surface area (TPSA) is 99.2 Å². The van der Waals surface area contributed by atoms with Gasteiger partial charge in [-0.15, -0.1) is 0 Å². The first kappa shape index (κ1) is 25.0. The molecule has 174 valence electrons. The van der Waals surface area contributed by atoms with E-state index in [1.807, 2.05) is 27.7 Å². The number of rotatable bonds is 10. The van der Waals surface area contributed by atoms with Crippen LogP contribution in [-0.4, -0.2) is 69.6 Å². The zero-order chi connectivity index (χ0) is 23.2. The molecule has 1 amide bonds. The van der Waals surface area contributed by atoms with Crippen LogP contribution in [-0.2, 0) is 19.4 Å². The highest BCUT2D eigenvalue weighted by Crippen LogP contribution is 2.29. The summed E-state index contributed by atoms with van der Waals surface area (Å²) in [6.45, 7) is 8.42. The third-order valence-electron chi connectivity index (χ3n) is 4.83. The van der Waals surface area contributed by atoms with Crippen LogP contribution in [0.15, 0.2) is 18.2 Å². The van der Waals surface area contributed by atoms with E-state index in [0.717, 1.165) is 0 Å². The quantitative estimate of drug-likeness (QED) is 0.500. The Bertz CT molecular complexity index is 880. The maximum Gasteiger partial charge on any atom is 0.338 e. The van der Waals surface area contributed by atoms with Crippen molar-refractivity contribution in [1.29, 1.82) is 0 Å². The number of nitrogens with zero attached hydrogens (tertiary/aromatic N) is 1. The first-order chi connectivity index (χ1) is 14.5. The van der Waals surface area contributed by atoms with Gasteiger partial charge in [-0.3, -0.25) is 4.79 Å². The maximum absolute atomic E-state index is 12.7. The fraction of sp³-hybridized carbons (Fsp3) is 0.636. The number of carbonyl (C=O) groups is 2. The monoisotopic (exact) mass is 455 g/mol. The summed E-state index contributed by atoms with van der Waals surface area (Å²) in [6, 6.07) is 4.32. The van der Waals surface area contributed by atoms with Crippen molar-refractivity contribution in [2.45, 2.75) is 40.2 Å². The Kier molecular flexibility index (Phi) is 8.73. The Morgan fingerprint density at radius 1 is 1.13 bits per heavy atom. The van der Waals surface area contributed by atoms with E-state index < -0.39 is 28.3 Å². The van der Waals surface area contributed by atoms with Crippen LogP contribution in [0.4, 0.5) is 0 Å². The number of ether oxygens (including phenoxy) is 3. The fourth-order valence-electron chi connectivity index (χ4n) is 3.33. The van der Waals surface area contributed by atoms with E-state index in [9.17, 15) is 18.0 Å². The van der Waals surface area contributed by atoms with Crippen molar-refractivity contribution in [1.82, 2.24) is 4.90 Å². The van der Waals surface area contributed by atoms with Gasteiger partial charge in [-0.05, 0) is 36.5 Å². The molecule has 9 heteroatoms. The molecule has 0 spiro atoms. The lowest BCUT2D eigenvalue weighted by Gasteiger charge is -2.29. The van der Waals surface area contributed by atoms with E-state index in [-0.39, 0.29) is 29.0 Å². The summed E-state index contributed by atoms with van der Waals surface area (Å²) >= 11 is 0.